The first kappa shape index (κ1) is 18.3. The summed E-state index contributed by atoms with van der Waals surface area (Å²) in [4.78, 5) is 16.4. The van der Waals surface area contributed by atoms with Crippen LogP contribution in [-0.2, 0) is 11.2 Å². The zero-order valence-electron chi connectivity index (χ0n) is 14.5. The quantitative estimate of drug-likeness (QED) is 0.793. The molecule has 0 radical (unpaired) electrons. The molecule has 1 aromatic rings. The van der Waals surface area contributed by atoms with Crippen molar-refractivity contribution in [2.75, 3.05) is 26.2 Å². The summed E-state index contributed by atoms with van der Waals surface area (Å²) >= 11 is 3.46. The van der Waals surface area contributed by atoms with Crippen LogP contribution in [0.15, 0.2) is 28.7 Å². The fourth-order valence-corrected chi connectivity index (χ4v) is 3.01. The van der Waals surface area contributed by atoms with Crippen molar-refractivity contribution in [2.24, 2.45) is 0 Å². The van der Waals surface area contributed by atoms with Gasteiger partial charge in [0.1, 0.15) is 5.60 Å². The Morgan fingerprint density at radius 3 is 2.48 bits per heavy atom. The lowest BCUT2D eigenvalue weighted by molar-refractivity contribution is 0.00598. The van der Waals surface area contributed by atoms with Gasteiger partial charge in [-0.05, 0) is 51.8 Å². The van der Waals surface area contributed by atoms with E-state index in [4.69, 9.17) is 4.74 Å². The second-order valence-electron chi connectivity index (χ2n) is 7.19. The molecule has 1 aliphatic heterocycles. The van der Waals surface area contributed by atoms with Crippen LogP contribution in [0.5, 0.6) is 0 Å². The van der Waals surface area contributed by atoms with Gasteiger partial charge in [-0.15, -0.1) is 0 Å². The van der Waals surface area contributed by atoms with Crippen LogP contribution in [0.25, 0.3) is 0 Å². The van der Waals surface area contributed by atoms with Gasteiger partial charge in [-0.1, -0.05) is 28.1 Å². The van der Waals surface area contributed by atoms with Crippen molar-refractivity contribution in [3.05, 3.63) is 34.3 Å². The van der Waals surface area contributed by atoms with Crippen molar-refractivity contribution in [3.63, 3.8) is 0 Å². The molecule has 1 heterocycles. The highest BCUT2D eigenvalue weighted by atomic mass is 79.9. The zero-order valence-corrected chi connectivity index (χ0v) is 16.1. The van der Waals surface area contributed by atoms with Crippen molar-refractivity contribution in [3.8, 4) is 0 Å². The number of rotatable bonds is 3. The predicted molar refractivity (Wildman–Crippen MR) is 96.7 cm³/mol. The number of hydrogen-bond acceptors (Lipinski definition) is 3. The molecule has 0 bridgehead atoms. The van der Waals surface area contributed by atoms with Gasteiger partial charge in [-0.25, -0.2) is 4.79 Å². The van der Waals surface area contributed by atoms with Gasteiger partial charge in [0, 0.05) is 36.7 Å². The molecule has 0 aliphatic carbocycles. The summed E-state index contributed by atoms with van der Waals surface area (Å²) in [6, 6.07) is 8.84. The lowest BCUT2D eigenvalue weighted by Gasteiger charge is -2.40. The highest BCUT2D eigenvalue weighted by Crippen LogP contribution is 2.16. The predicted octanol–water partition coefficient (Wildman–Crippen LogP) is 3.93. The smallest absolute Gasteiger partial charge is 0.410 e. The van der Waals surface area contributed by atoms with Crippen molar-refractivity contribution in [1.82, 2.24) is 9.80 Å². The lowest BCUT2D eigenvalue weighted by Crippen LogP contribution is -2.54. The highest BCUT2D eigenvalue weighted by Gasteiger charge is 2.29. The standard InChI is InChI=1S/C18H27BrN2O2/c1-14-13-21(17(22)23-18(2,3)4)12-11-20(14)10-9-15-5-7-16(19)8-6-15/h5-8,14H,9-13H2,1-4H3. The van der Waals surface area contributed by atoms with Crippen LogP contribution >= 0.6 is 15.9 Å². The monoisotopic (exact) mass is 382 g/mol. The number of benzene rings is 1. The minimum Gasteiger partial charge on any atom is -0.444 e. The number of amides is 1. The number of hydrogen-bond donors (Lipinski definition) is 0. The van der Waals surface area contributed by atoms with Crippen LogP contribution in [0.4, 0.5) is 4.79 Å². The van der Waals surface area contributed by atoms with Crippen molar-refractivity contribution in [2.45, 2.75) is 45.8 Å². The number of halogens is 1. The zero-order chi connectivity index (χ0) is 17.0. The summed E-state index contributed by atoms with van der Waals surface area (Å²) in [6.45, 7) is 11.3. The third-order valence-corrected chi connectivity index (χ3v) is 4.55. The fourth-order valence-electron chi connectivity index (χ4n) is 2.74. The Balaban J connectivity index is 1.82. The Labute approximate surface area is 147 Å². The van der Waals surface area contributed by atoms with E-state index in [1.165, 1.54) is 5.56 Å². The molecule has 1 aromatic carbocycles. The van der Waals surface area contributed by atoms with Crippen molar-refractivity contribution in [1.29, 1.82) is 0 Å². The number of nitrogens with zero attached hydrogens (tertiary/aromatic N) is 2. The summed E-state index contributed by atoms with van der Waals surface area (Å²) < 4.78 is 6.58. The molecule has 1 saturated heterocycles. The number of carbonyl (C=O) groups excluding carboxylic acids is 1. The van der Waals surface area contributed by atoms with Crippen molar-refractivity contribution >= 4 is 22.0 Å². The number of ether oxygens (including phenoxy) is 1. The molecule has 128 valence electrons. The van der Waals surface area contributed by atoms with E-state index in [2.05, 4.69) is 52.0 Å². The SMILES string of the molecule is CC1CN(C(=O)OC(C)(C)C)CCN1CCc1ccc(Br)cc1. The third-order valence-electron chi connectivity index (χ3n) is 4.02. The molecule has 1 unspecified atom stereocenters. The van der Waals surface area contributed by atoms with Gasteiger partial charge in [0.25, 0.3) is 0 Å². The Morgan fingerprint density at radius 1 is 1.26 bits per heavy atom. The Hall–Kier alpha value is -1.07. The molecular formula is C18H27BrN2O2. The molecule has 2 rings (SSSR count). The molecule has 5 heteroatoms. The minimum atomic E-state index is -0.432. The second kappa shape index (κ2) is 7.67. The maximum absolute atomic E-state index is 12.2. The van der Waals surface area contributed by atoms with Gasteiger partial charge in [-0.3, -0.25) is 4.90 Å². The Bertz CT molecular complexity index is 525. The lowest BCUT2D eigenvalue weighted by atomic mass is 10.1. The van der Waals surface area contributed by atoms with E-state index >= 15 is 0 Å². The topological polar surface area (TPSA) is 32.8 Å². The molecular weight excluding hydrogens is 356 g/mol. The van der Waals surface area contributed by atoms with Crippen LogP contribution < -0.4 is 0 Å². The molecule has 23 heavy (non-hydrogen) atoms. The van der Waals surface area contributed by atoms with E-state index < -0.39 is 5.60 Å². The molecule has 0 saturated carbocycles. The van der Waals surface area contributed by atoms with Gasteiger partial charge in [0.15, 0.2) is 0 Å². The average Bonchev–Trinajstić information content (AvgIpc) is 2.46. The number of carbonyl (C=O) groups is 1. The normalized spacial score (nSPS) is 19.7. The first-order valence-corrected chi connectivity index (χ1v) is 9.00. The summed E-state index contributed by atoms with van der Waals surface area (Å²) in [6.07, 6.45) is 0.834. The second-order valence-corrected chi connectivity index (χ2v) is 8.10. The van der Waals surface area contributed by atoms with Crippen LogP contribution in [0.3, 0.4) is 0 Å². The summed E-state index contributed by atoms with van der Waals surface area (Å²) in [7, 11) is 0. The van der Waals surface area contributed by atoms with Gasteiger partial charge >= 0.3 is 6.09 Å². The average molecular weight is 383 g/mol. The van der Waals surface area contributed by atoms with E-state index in [-0.39, 0.29) is 6.09 Å². The Kier molecular flexibility index (Phi) is 6.09. The molecule has 1 fully saturated rings. The van der Waals surface area contributed by atoms with Gasteiger partial charge < -0.3 is 9.64 Å². The maximum Gasteiger partial charge on any atom is 0.410 e. The van der Waals surface area contributed by atoms with E-state index in [9.17, 15) is 4.79 Å². The van der Waals surface area contributed by atoms with E-state index in [1.54, 1.807) is 0 Å². The number of piperazine rings is 1. The van der Waals surface area contributed by atoms with Gasteiger partial charge in [0.2, 0.25) is 0 Å². The maximum atomic E-state index is 12.2. The Morgan fingerprint density at radius 2 is 1.91 bits per heavy atom. The van der Waals surface area contributed by atoms with Gasteiger partial charge in [-0.2, -0.15) is 0 Å². The van der Waals surface area contributed by atoms with E-state index in [0.717, 1.165) is 37.1 Å². The fraction of sp³-hybridized carbons (Fsp3) is 0.611. The van der Waals surface area contributed by atoms with Gasteiger partial charge in [0.05, 0.1) is 0 Å². The van der Waals surface area contributed by atoms with E-state index in [1.807, 2.05) is 25.7 Å². The molecule has 0 N–H and O–H groups in total. The van der Waals surface area contributed by atoms with Crippen LogP contribution in [0.2, 0.25) is 0 Å². The van der Waals surface area contributed by atoms with E-state index in [0.29, 0.717) is 6.04 Å². The molecule has 1 amide bonds. The largest absolute Gasteiger partial charge is 0.444 e. The highest BCUT2D eigenvalue weighted by molar-refractivity contribution is 9.10. The molecule has 0 spiro atoms. The summed E-state index contributed by atoms with van der Waals surface area (Å²) in [5.41, 5.74) is 0.911. The molecule has 4 nitrogen and oxygen atoms in total. The first-order chi connectivity index (χ1) is 10.7. The molecule has 1 atom stereocenters. The van der Waals surface area contributed by atoms with Crippen LogP contribution in [0, 0.1) is 0 Å². The molecule has 1 aliphatic rings. The van der Waals surface area contributed by atoms with Crippen LogP contribution in [0.1, 0.15) is 33.3 Å². The third kappa shape index (κ3) is 5.81. The molecule has 0 aromatic heterocycles. The minimum absolute atomic E-state index is 0.197. The van der Waals surface area contributed by atoms with Crippen molar-refractivity contribution < 1.29 is 9.53 Å². The summed E-state index contributed by atoms with van der Waals surface area (Å²) in [5, 5.41) is 0. The summed E-state index contributed by atoms with van der Waals surface area (Å²) in [5.74, 6) is 0. The van der Waals surface area contributed by atoms with Crippen LogP contribution in [-0.4, -0.2) is 53.7 Å². The first-order valence-electron chi connectivity index (χ1n) is 8.21.